The van der Waals surface area contributed by atoms with E-state index in [-0.39, 0.29) is 16.3 Å². The van der Waals surface area contributed by atoms with Crippen LogP contribution in [-0.2, 0) is 16.1 Å². The zero-order valence-corrected chi connectivity index (χ0v) is 17.9. The van der Waals surface area contributed by atoms with E-state index in [4.69, 9.17) is 4.74 Å². The molecule has 1 aliphatic carbocycles. The Morgan fingerprint density at radius 1 is 1.16 bits per heavy atom. The molecule has 2 atom stereocenters. The van der Waals surface area contributed by atoms with Gasteiger partial charge < -0.3 is 14.2 Å². The second-order valence-corrected chi connectivity index (χ2v) is 11.9. The molecule has 0 aromatic heterocycles. The van der Waals surface area contributed by atoms with Crippen LogP contribution in [0.25, 0.3) is 0 Å². The number of piperidine rings is 1. The maximum atomic E-state index is 12.9. The van der Waals surface area contributed by atoms with E-state index in [9.17, 15) is 9.35 Å². The molecule has 146 valence electrons. The lowest BCUT2D eigenvalue weighted by molar-refractivity contribution is 0.00376. The minimum atomic E-state index is -1.00. The maximum Gasteiger partial charge on any atom is 0.410 e. The summed E-state index contributed by atoms with van der Waals surface area (Å²) in [5, 5.41) is 0. The third-order valence-corrected chi connectivity index (χ3v) is 7.32. The van der Waals surface area contributed by atoms with Crippen LogP contribution in [0.3, 0.4) is 0 Å². The van der Waals surface area contributed by atoms with Crippen molar-refractivity contribution in [3.63, 3.8) is 0 Å². The molecule has 1 amide bonds. The van der Waals surface area contributed by atoms with Crippen molar-refractivity contribution in [3.8, 4) is 0 Å². The van der Waals surface area contributed by atoms with Crippen molar-refractivity contribution in [1.82, 2.24) is 9.21 Å². The second kappa shape index (κ2) is 7.28. The van der Waals surface area contributed by atoms with E-state index in [1.807, 2.05) is 53.5 Å². The number of hydrogen-bond donors (Lipinski definition) is 0. The fraction of sp³-hybridized carbons (Fsp3) is 0.947. The van der Waals surface area contributed by atoms with Crippen LogP contribution in [0.1, 0.15) is 73.6 Å². The lowest BCUT2D eigenvalue weighted by atomic mass is 9.74. The summed E-state index contributed by atoms with van der Waals surface area (Å²) >= 11 is -1.00. The van der Waals surface area contributed by atoms with E-state index in [2.05, 4.69) is 4.31 Å². The number of ether oxygens (including phenoxy) is 1. The highest BCUT2D eigenvalue weighted by Gasteiger charge is 2.51. The van der Waals surface area contributed by atoms with Gasteiger partial charge in [0.25, 0.3) is 0 Å². The summed E-state index contributed by atoms with van der Waals surface area (Å²) in [5.41, 5.74) is -0.264. The Morgan fingerprint density at radius 3 is 2.20 bits per heavy atom. The number of carbonyl (C=O) groups excluding carboxylic acids is 1. The first kappa shape index (κ1) is 20.8. The Balaban J connectivity index is 2.02. The SMILES string of the molecule is CN([C@@H]1CCCC12CCN(C(=O)OC(C)(C)C)CC2)[S@+]([O-])C(C)(C)C. The monoisotopic (exact) mass is 372 g/mol. The predicted molar refractivity (Wildman–Crippen MR) is 103 cm³/mol. The summed E-state index contributed by atoms with van der Waals surface area (Å²) in [6, 6.07) is 0.341. The molecule has 1 saturated carbocycles. The molecule has 1 saturated heterocycles. The van der Waals surface area contributed by atoms with Gasteiger partial charge in [-0.3, -0.25) is 0 Å². The minimum absolute atomic E-state index is 0.189. The van der Waals surface area contributed by atoms with Gasteiger partial charge in [0, 0.05) is 31.5 Å². The quantitative estimate of drug-likeness (QED) is 0.689. The fourth-order valence-corrected chi connectivity index (χ4v) is 5.70. The summed E-state index contributed by atoms with van der Waals surface area (Å²) in [7, 11) is 2.01. The minimum Gasteiger partial charge on any atom is -0.597 e. The van der Waals surface area contributed by atoms with Crippen molar-refractivity contribution in [2.45, 2.75) is 90.0 Å². The normalized spacial score (nSPS) is 25.5. The summed E-state index contributed by atoms with van der Waals surface area (Å²) in [6.45, 7) is 13.3. The second-order valence-electron chi connectivity index (χ2n) is 9.65. The Hall–Kier alpha value is -0.460. The molecule has 0 aromatic carbocycles. The maximum absolute atomic E-state index is 12.9. The highest BCUT2D eigenvalue weighted by Crippen LogP contribution is 2.49. The third-order valence-electron chi connectivity index (χ3n) is 5.49. The van der Waals surface area contributed by atoms with Crippen molar-refractivity contribution < 1.29 is 14.1 Å². The van der Waals surface area contributed by atoms with Crippen LogP contribution in [0.4, 0.5) is 4.79 Å². The Labute approximate surface area is 156 Å². The summed E-state index contributed by atoms with van der Waals surface area (Å²) in [4.78, 5) is 14.2. The van der Waals surface area contributed by atoms with Crippen molar-refractivity contribution >= 4 is 17.5 Å². The zero-order valence-electron chi connectivity index (χ0n) is 17.1. The topological polar surface area (TPSA) is 55.8 Å². The molecule has 1 aliphatic heterocycles. The molecule has 25 heavy (non-hydrogen) atoms. The van der Waals surface area contributed by atoms with Gasteiger partial charge in [-0.05, 0) is 72.6 Å². The molecule has 2 fully saturated rings. The number of likely N-dealkylation sites (tertiary alicyclic amines) is 1. The molecule has 2 rings (SSSR count). The molecule has 1 heterocycles. The van der Waals surface area contributed by atoms with Gasteiger partial charge in [0.15, 0.2) is 0 Å². The van der Waals surface area contributed by atoms with Crippen molar-refractivity contribution in [3.05, 3.63) is 0 Å². The lowest BCUT2D eigenvalue weighted by Gasteiger charge is -2.46. The highest BCUT2D eigenvalue weighted by molar-refractivity contribution is 7.90. The van der Waals surface area contributed by atoms with Crippen LogP contribution in [0, 0.1) is 5.41 Å². The molecule has 2 aliphatic rings. The molecule has 6 heteroatoms. The molecule has 0 radical (unpaired) electrons. The largest absolute Gasteiger partial charge is 0.597 e. The lowest BCUT2D eigenvalue weighted by Crippen LogP contribution is -2.54. The van der Waals surface area contributed by atoms with Crippen molar-refractivity contribution in [2.75, 3.05) is 20.1 Å². The summed E-state index contributed by atoms with van der Waals surface area (Å²) < 4.78 is 20.2. The van der Waals surface area contributed by atoms with E-state index in [0.717, 1.165) is 32.4 Å². The molecule has 0 aromatic rings. The first-order chi connectivity index (χ1) is 11.4. The van der Waals surface area contributed by atoms with E-state index in [1.165, 1.54) is 12.8 Å². The first-order valence-corrected chi connectivity index (χ1v) is 10.6. The van der Waals surface area contributed by atoms with Gasteiger partial charge in [0.1, 0.15) is 10.3 Å². The molecular formula is C19H36N2O3S. The van der Waals surface area contributed by atoms with Gasteiger partial charge >= 0.3 is 6.09 Å². The van der Waals surface area contributed by atoms with Gasteiger partial charge in [0.05, 0.1) is 6.04 Å². The van der Waals surface area contributed by atoms with Crippen LogP contribution in [0.15, 0.2) is 0 Å². The number of nitrogens with zero attached hydrogens (tertiary/aromatic N) is 2. The van der Waals surface area contributed by atoms with Gasteiger partial charge in [-0.15, -0.1) is 4.31 Å². The van der Waals surface area contributed by atoms with Crippen molar-refractivity contribution in [1.29, 1.82) is 0 Å². The average molecular weight is 373 g/mol. The standard InChI is InChI=1S/C19H36N2O3S/c1-17(2,3)24-16(22)21-13-11-19(12-14-21)10-8-9-15(19)20(7)25(23)18(4,5)6/h15H,8-14H2,1-7H3/t15-,25-/m1/s1. The van der Waals surface area contributed by atoms with Crippen LogP contribution >= 0.6 is 0 Å². The molecular weight excluding hydrogens is 336 g/mol. The molecule has 0 unspecified atom stereocenters. The third kappa shape index (κ3) is 4.83. The van der Waals surface area contributed by atoms with Crippen LogP contribution in [0.2, 0.25) is 0 Å². The van der Waals surface area contributed by atoms with Crippen LogP contribution in [0.5, 0.6) is 0 Å². The molecule has 5 nitrogen and oxygen atoms in total. The van der Waals surface area contributed by atoms with Gasteiger partial charge in [-0.1, -0.05) is 6.42 Å². The average Bonchev–Trinajstić information content (AvgIpc) is 2.87. The smallest absolute Gasteiger partial charge is 0.410 e. The van der Waals surface area contributed by atoms with Crippen LogP contribution in [-0.4, -0.2) is 56.4 Å². The predicted octanol–water partition coefficient (Wildman–Crippen LogP) is 3.95. The Kier molecular flexibility index (Phi) is 6.07. The van der Waals surface area contributed by atoms with Gasteiger partial charge in [-0.25, -0.2) is 4.79 Å². The highest BCUT2D eigenvalue weighted by atomic mass is 32.2. The zero-order chi connectivity index (χ0) is 19.0. The first-order valence-electron chi connectivity index (χ1n) is 9.48. The number of amides is 1. The van der Waals surface area contributed by atoms with E-state index < -0.39 is 17.0 Å². The molecule has 0 bridgehead atoms. The van der Waals surface area contributed by atoms with Crippen LogP contribution < -0.4 is 0 Å². The van der Waals surface area contributed by atoms with E-state index >= 15 is 0 Å². The molecule has 1 spiro atoms. The summed E-state index contributed by atoms with van der Waals surface area (Å²) in [6.07, 6.45) is 5.20. The van der Waals surface area contributed by atoms with Crippen molar-refractivity contribution in [2.24, 2.45) is 5.41 Å². The Morgan fingerprint density at radius 2 is 1.72 bits per heavy atom. The summed E-state index contributed by atoms with van der Waals surface area (Å²) in [5.74, 6) is 0. The number of rotatable bonds is 2. The van der Waals surface area contributed by atoms with E-state index in [0.29, 0.717) is 6.04 Å². The Bertz CT molecular complexity index is 476. The van der Waals surface area contributed by atoms with E-state index in [1.54, 1.807) is 0 Å². The van der Waals surface area contributed by atoms with Gasteiger partial charge in [-0.2, -0.15) is 0 Å². The van der Waals surface area contributed by atoms with Gasteiger partial charge in [0.2, 0.25) is 0 Å². The molecule has 0 N–H and O–H groups in total. The number of hydrogen-bond acceptors (Lipinski definition) is 4. The number of carbonyl (C=O) groups is 1. The fourth-order valence-electron chi connectivity index (χ4n) is 4.28.